The van der Waals surface area contributed by atoms with Gasteiger partial charge in [-0.05, 0) is 48.9 Å². The van der Waals surface area contributed by atoms with Crippen molar-refractivity contribution in [3.05, 3.63) is 97.1 Å². The molecule has 3 rings (SSSR count). The van der Waals surface area contributed by atoms with Crippen LogP contribution >= 0.6 is 0 Å². The summed E-state index contributed by atoms with van der Waals surface area (Å²) >= 11 is 0. The van der Waals surface area contributed by atoms with E-state index < -0.39 is 36.3 Å². The first-order chi connectivity index (χ1) is 21.7. The molecule has 0 aliphatic carbocycles. The van der Waals surface area contributed by atoms with Gasteiger partial charge in [-0.25, -0.2) is 14.4 Å². The van der Waals surface area contributed by atoms with Crippen molar-refractivity contribution in [2.24, 2.45) is 0 Å². The first-order valence-electron chi connectivity index (χ1n) is 14.1. The molecule has 0 aliphatic heterocycles. The Morgan fingerprint density at radius 2 is 1.27 bits per heavy atom. The fourth-order valence-corrected chi connectivity index (χ4v) is 3.59. The lowest BCUT2D eigenvalue weighted by Crippen LogP contribution is -2.33. The molecule has 12 nitrogen and oxygen atoms in total. The number of carbonyl (C=O) groups excluding carboxylic acids is 4. The third-order valence-corrected chi connectivity index (χ3v) is 5.92. The third kappa shape index (κ3) is 12.7. The molecule has 0 aliphatic rings. The maximum atomic E-state index is 12.8. The van der Waals surface area contributed by atoms with Crippen molar-refractivity contribution in [1.29, 1.82) is 0 Å². The SMILES string of the molecule is C=CC(=O)OCC(COc1ccccc1)OC(=O)Nc1cc(NC(=O)OC(COC(=O)CC)COc2ccccc2)ccc1C. The fraction of sp³-hybridized carbons (Fsp3) is 0.273. The van der Waals surface area contributed by atoms with E-state index in [1.165, 1.54) is 6.07 Å². The highest BCUT2D eigenvalue weighted by atomic mass is 16.6. The predicted molar refractivity (Wildman–Crippen MR) is 165 cm³/mol. The van der Waals surface area contributed by atoms with Crippen LogP contribution in [0.1, 0.15) is 18.9 Å². The summed E-state index contributed by atoms with van der Waals surface area (Å²) in [6.45, 7) is 6.15. The number of hydrogen-bond acceptors (Lipinski definition) is 10. The molecule has 0 bridgehead atoms. The molecule has 3 aromatic carbocycles. The molecule has 0 saturated heterocycles. The van der Waals surface area contributed by atoms with Crippen LogP contribution < -0.4 is 20.1 Å². The summed E-state index contributed by atoms with van der Waals surface area (Å²) in [5, 5.41) is 5.22. The van der Waals surface area contributed by atoms with Crippen LogP contribution in [0, 0.1) is 6.92 Å². The van der Waals surface area contributed by atoms with Gasteiger partial charge in [0.1, 0.15) is 37.9 Å². The van der Waals surface area contributed by atoms with E-state index in [4.69, 9.17) is 28.4 Å². The number of rotatable bonds is 16. The molecule has 0 heterocycles. The van der Waals surface area contributed by atoms with Gasteiger partial charge in [-0.3, -0.25) is 15.4 Å². The summed E-state index contributed by atoms with van der Waals surface area (Å²) < 4.78 is 32.5. The summed E-state index contributed by atoms with van der Waals surface area (Å²) in [6.07, 6.45) is -2.35. The van der Waals surface area contributed by atoms with Gasteiger partial charge in [-0.2, -0.15) is 0 Å². The van der Waals surface area contributed by atoms with E-state index in [1.807, 2.05) is 12.1 Å². The van der Waals surface area contributed by atoms with E-state index in [2.05, 4.69) is 17.2 Å². The highest BCUT2D eigenvalue weighted by Gasteiger charge is 2.20. The lowest BCUT2D eigenvalue weighted by molar-refractivity contribution is -0.146. The van der Waals surface area contributed by atoms with Crippen molar-refractivity contribution < 1.29 is 47.6 Å². The van der Waals surface area contributed by atoms with Crippen LogP contribution in [0.2, 0.25) is 0 Å². The normalized spacial score (nSPS) is 11.6. The summed E-state index contributed by atoms with van der Waals surface area (Å²) in [4.78, 5) is 48.8. The van der Waals surface area contributed by atoms with Crippen molar-refractivity contribution in [3.8, 4) is 11.5 Å². The Bertz CT molecular complexity index is 1420. The van der Waals surface area contributed by atoms with E-state index in [0.717, 1.165) is 6.08 Å². The Morgan fingerprint density at radius 1 is 0.733 bits per heavy atom. The number of amides is 2. The van der Waals surface area contributed by atoms with Gasteiger partial charge in [0.25, 0.3) is 0 Å². The van der Waals surface area contributed by atoms with Crippen molar-refractivity contribution in [2.75, 3.05) is 37.1 Å². The average molecular weight is 621 g/mol. The quantitative estimate of drug-likeness (QED) is 0.117. The third-order valence-electron chi connectivity index (χ3n) is 5.92. The van der Waals surface area contributed by atoms with E-state index >= 15 is 0 Å². The predicted octanol–water partition coefficient (Wildman–Crippen LogP) is 5.67. The Kier molecular flexibility index (Phi) is 13.8. The lowest BCUT2D eigenvalue weighted by Gasteiger charge is -2.20. The monoisotopic (exact) mass is 620 g/mol. The average Bonchev–Trinajstić information content (AvgIpc) is 3.05. The summed E-state index contributed by atoms with van der Waals surface area (Å²) in [5.74, 6) is -0.0251. The van der Waals surface area contributed by atoms with Crippen LogP contribution in [0.4, 0.5) is 21.0 Å². The number of benzene rings is 3. The second-order valence-electron chi connectivity index (χ2n) is 9.45. The molecule has 0 aromatic heterocycles. The number of nitrogens with one attached hydrogen (secondary N) is 2. The van der Waals surface area contributed by atoms with Crippen molar-refractivity contribution in [1.82, 2.24) is 0 Å². The zero-order valence-corrected chi connectivity index (χ0v) is 25.1. The number of anilines is 2. The minimum Gasteiger partial charge on any atom is -0.490 e. The lowest BCUT2D eigenvalue weighted by atomic mass is 10.2. The molecule has 0 saturated carbocycles. The maximum Gasteiger partial charge on any atom is 0.412 e. The number of esters is 2. The van der Waals surface area contributed by atoms with Crippen molar-refractivity contribution >= 4 is 35.5 Å². The molecule has 45 heavy (non-hydrogen) atoms. The molecular formula is C33H36N2O10. The molecule has 0 spiro atoms. The van der Waals surface area contributed by atoms with Gasteiger partial charge in [-0.15, -0.1) is 0 Å². The van der Waals surface area contributed by atoms with Crippen LogP contribution in [-0.4, -0.2) is 62.8 Å². The van der Waals surface area contributed by atoms with E-state index in [-0.39, 0.29) is 32.8 Å². The smallest absolute Gasteiger partial charge is 0.412 e. The Labute approximate surface area is 261 Å². The van der Waals surface area contributed by atoms with Crippen LogP contribution in [-0.2, 0) is 28.5 Å². The molecule has 2 atom stereocenters. The topological polar surface area (TPSA) is 148 Å². The number of hydrogen-bond donors (Lipinski definition) is 2. The van der Waals surface area contributed by atoms with Gasteiger partial charge < -0.3 is 28.4 Å². The molecule has 3 aromatic rings. The van der Waals surface area contributed by atoms with Gasteiger partial charge in [0, 0.05) is 23.9 Å². The van der Waals surface area contributed by atoms with Gasteiger partial charge >= 0.3 is 24.1 Å². The Balaban J connectivity index is 1.60. The first kappa shape index (κ1) is 34.0. The fourth-order valence-electron chi connectivity index (χ4n) is 3.59. The van der Waals surface area contributed by atoms with Crippen LogP contribution in [0.5, 0.6) is 11.5 Å². The van der Waals surface area contributed by atoms with Crippen molar-refractivity contribution in [3.63, 3.8) is 0 Å². The first-order valence-corrected chi connectivity index (χ1v) is 14.1. The van der Waals surface area contributed by atoms with E-state index in [9.17, 15) is 19.2 Å². The number of ether oxygens (including phenoxy) is 6. The largest absolute Gasteiger partial charge is 0.490 e. The maximum absolute atomic E-state index is 12.8. The second kappa shape index (κ2) is 18.2. The Hall–Kier alpha value is -5.52. The Morgan fingerprint density at radius 3 is 1.80 bits per heavy atom. The minimum absolute atomic E-state index is 0.0573. The highest BCUT2D eigenvalue weighted by molar-refractivity contribution is 5.90. The van der Waals surface area contributed by atoms with E-state index in [1.54, 1.807) is 74.5 Å². The van der Waals surface area contributed by atoms with E-state index in [0.29, 0.717) is 28.4 Å². The van der Waals surface area contributed by atoms with Gasteiger partial charge in [0.2, 0.25) is 0 Å². The minimum atomic E-state index is -0.942. The molecule has 0 fully saturated rings. The van der Waals surface area contributed by atoms with Crippen LogP contribution in [0.15, 0.2) is 91.5 Å². The van der Waals surface area contributed by atoms with Gasteiger partial charge in [0.15, 0.2) is 12.2 Å². The summed E-state index contributed by atoms with van der Waals surface area (Å²) in [7, 11) is 0. The molecule has 0 radical (unpaired) electrons. The molecular weight excluding hydrogens is 584 g/mol. The summed E-state index contributed by atoms with van der Waals surface area (Å²) in [6, 6.07) is 22.6. The number of carbonyl (C=O) groups is 4. The zero-order chi connectivity index (χ0) is 32.4. The van der Waals surface area contributed by atoms with Crippen molar-refractivity contribution in [2.45, 2.75) is 32.5 Å². The van der Waals surface area contributed by atoms with Crippen LogP contribution in [0.3, 0.4) is 0 Å². The number of aryl methyl sites for hydroxylation is 1. The molecule has 238 valence electrons. The standard InChI is InChI=1S/C33H36N2O10/c1-4-30(36)42-21-27(19-40-25-12-8-6-9-13-25)44-32(38)34-24-17-16-23(3)29(18-24)35-33(39)45-28(22-43-31(37)5-2)20-41-26-14-10-7-11-15-26/h5-18,27-28H,2,4,19-22H2,1,3H3,(H,34,38)(H,35,39). The highest BCUT2D eigenvalue weighted by Crippen LogP contribution is 2.21. The van der Waals surface area contributed by atoms with Gasteiger partial charge in [-0.1, -0.05) is 56.0 Å². The van der Waals surface area contributed by atoms with Gasteiger partial charge in [0.05, 0.1) is 0 Å². The summed E-state index contributed by atoms with van der Waals surface area (Å²) in [5.41, 5.74) is 1.31. The molecule has 2 unspecified atom stereocenters. The molecule has 2 N–H and O–H groups in total. The zero-order valence-electron chi connectivity index (χ0n) is 25.1. The van der Waals surface area contributed by atoms with Crippen LogP contribution in [0.25, 0.3) is 0 Å². The number of para-hydroxylation sites is 2. The molecule has 12 heteroatoms. The molecule has 2 amide bonds. The second-order valence-corrected chi connectivity index (χ2v) is 9.45.